The molecule has 3 aliphatic heterocycles. The minimum Gasteiger partial charge on any atom is -0.508 e. The van der Waals surface area contributed by atoms with Gasteiger partial charge in [0, 0.05) is 17.7 Å². The molecule has 21 heteroatoms. The largest absolute Gasteiger partial charge is 0.508 e. The standard InChI is InChI=1S/C33H40O21/c34-7-15-19(39)23(43)26(46)31(50-15)48-12-5-13(38)18-14(6-12)49-28(10-1-3-11(37)4-2-10)29(22(18)42)53-33-30(25(45)21(41)17(9-36)52-33)54-32-27(47)24(44)20(40)16(8-35)51-32/h1-6,15-17,19-21,23-27,30-41,43-47H,7-9H2/t15-,16-,17-,19-,20-,21-,23+,24+,25+,26-,27-,30-,31-,32+,33+/m0/s1. The lowest BCUT2D eigenvalue weighted by atomic mass is 9.97. The Morgan fingerprint density at radius 3 is 1.69 bits per heavy atom. The Bertz CT molecular complexity index is 1800. The van der Waals surface area contributed by atoms with Crippen LogP contribution in [0.15, 0.2) is 45.6 Å². The van der Waals surface area contributed by atoms with Gasteiger partial charge in [-0.25, -0.2) is 0 Å². The predicted molar refractivity (Wildman–Crippen MR) is 173 cm³/mol. The van der Waals surface area contributed by atoms with Crippen molar-refractivity contribution in [1.29, 1.82) is 0 Å². The zero-order valence-corrected chi connectivity index (χ0v) is 27.8. The van der Waals surface area contributed by atoms with Crippen LogP contribution in [0.4, 0.5) is 0 Å². The van der Waals surface area contributed by atoms with Crippen molar-refractivity contribution in [1.82, 2.24) is 0 Å². The summed E-state index contributed by atoms with van der Waals surface area (Å²) in [6, 6.07) is 7.07. The molecule has 0 amide bonds. The first-order valence-corrected chi connectivity index (χ1v) is 16.5. The zero-order chi connectivity index (χ0) is 39.2. The second-order valence-corrected chi connectivity index (χ2v) is 12.9. The molecule has 0 unspecified atom stereocenters. The maximum absolute atomic E-state index is 14.2. The van der Waals surface area contributed by atoms with E-state index in [-0.39, 0.29) is 22.6 Å². The molecule has 4 heterocycles. The highest BCUT2D eigenvalue weighted by Crippen LogP contribution is 2.39. The molecule has 3 fully saturated rings. The van der Waals surface area contributed by atoms with Crippen LogP contribution in [0, 0.1) is 0 Å². The Labute approximate surface area is 303 Å². The van der Waals surface area contributed by atoms with Crippen molar-refractivity contribution in [2.75, 3.05) is 19.8 Å². The maximum Gasteiger partial charge on any atom is 0.239 e. The molecule has 0 radical (unpaired) electrons. The van der Waals surface area contributed by atoms with Crippen molar-refractivity contribution < 1.29 is 99.2 Å². The minimum atomic E-state index is -2.01. The van der Waals surface area contributed by atoms with E-state index >= 15 is 0 Å². The van der Waals surface area contributed by atoms with Crippen LogP contribution in [-0.4, -0.2) is 178 Å². The summed E-state index contributed by atoms with van der Waals surface area (Å²) in [5, 5.41) is 133. The van der Waals surface area contributed by atoms with Gasteiger partial charge in [0.15, 0.2) is 18.2 Å². The highest BCUT2D eigenvalue weighted by atomic mass is 16.8. The number of ether oxygens (including phenoxy) is 6. The summed E-state index contributed by atoms with van der Waals surface area (Å²) in [5.74, 6) is -2.38. The van der Waals surface area contributed by atoms with Crippen molar-refractivity contribution in [2.45, 2.75) is 92.1 Å². The smallest absolute Gasteiger partial charge is 0.239 e. The number of aliphatic hydroxyl groups excluding tert-OH is 11. The lowest BCUT2D eigenvalue weighted by molar-refractivity contribution is -0.358. The van der Waals surface area contributed by atoms with E-state index in [4.69, 9.17) is 32.8 Å². The normalized spacial score (nSPS) is 37.3. The van der Waals surface area contributed by atoms with Crippen LogP contribution < -0.4 is 14.9 Å². The highest BCUT2D eigenvalue weighted by Gasteiger charge is 2.52. The number of aliphatic hydroxyl groups is 11. The van der Waals surface area contributed by atoms with E-state index in [0.29, 0.717) is 0 Å². The fourth-order valence-electron chi connectivity index (χ4n) is 6.28. The van der Waals surface area contributed by atoms with Gasteiger partial charge in [0.2, 0.25) is 23.8 Å². The molecule has 21 nitrogen and oxygen atoms in total. The molecule has 3 saturated heterocycles. The maximum atomic E-state index is 14.2. The first kappa shape index (κ1) is 39.9. The summed E-state index contributed by atoms with van der Waals surface area (Å²) in [7, 11) is 0. The third kappa shape index (κ3) is 7.45. The molecule has 1 aromatic heterocycles. The fraction of sp³-hybridized carbons (Fsp3) is 0.545. The fourth-order valence-corrected chi connectivity index (χ4v) is 6.28. The number of phenolic OH excluding ortho intramolecular Hbond substituents is 2. The van der Waals surface area contributed by atoms with E-state index in [1.807, 2.05) is 0 Å². The molecule has 0 spiro atoms. The van der Waals surface area contributed by atoms with Crippen LogP contribution in [0.5, 0.6) is 23.0 Å². The third-order valence-electron chi connectivity index (χ3n) is 9.33. The van der Waals surface area contributed by atoms with Crippen molar-refractivity contribution in [3.05, 3.63) is 46.6 Å². The molecule has 3 aliphatic rings. The summed E-state index contributed by atoms with van der Waals surface area (Å²) in [5.41, 5.74) is -1.38. The Hall–Kier alpha value is -3.75. The Morgan fingerprint density at radius 2 is 1.11 bits per heavy atom. The number of benzene rings is 2. The molecular weight excluding hydrogens is 732 g/mol. The number of aromatic hydroxyl groups is 2. The predicted octanol–water partition coefficient (Wildman–Crippen LogP) is -4.95. The quantitative estimate of drug-likeness (QED) is 0.0918. The highest BCUT2D eigenvalue weighted by molar-refractivity contribution is 5.88. The van der Waals surface area contributed by atoms with E-state index in [0.717, 1.165) is 12.1 Å². The first-order valence-electron chi connectivity index (χ1n) is 16.5. The molecule has 13 N–H and O–H groups in total. The molecule has 15 atom stereocenters. The van der Waals surface area contributed by atoms with E-state index in [9.17, 15) is 71.2 Å². The van der Waals surface area contributed by atoms with Gasteiger partial charge in [-0.2, -0.15) is 0 Å². The van der Waals surface area contributed by atoms with Crippen LogP contribution in [0.2, 0.25) is 0 Å². The second kappa shape index (κ2) is 16.2. The first-order chi connectivity index (χ1) is 25.7. The van der Waals surface area contributed by atoms with E-state index < -0.39 is 140 Å². The van der Waals surface area contributed by atoms with Crippen molar-refractivity contribution >= 4 is 11.0 Å². The molecule has 6 rings (SSSR count). The molecule has 3 aromatic rings. The van der Waals surface area contributed by atoms with E-state index in [2.05, 4.69) is 0 Å². The van der Waals surface area contributed by atoms with Gasteiger partial charge in [-0.05, 0) is 24.3 Å². The Balaban J connectivity index is 1.41. The lowest BCUT2D eigenvalue weighted by Crippen LogP contribution is -2.65. The van der Waals surface area contributed by atoms with Crippen LogP contribution in [0.3, 0.4) is 0 Å². The van der Waals surface area contributed by atoms with E-state index in [1.165, 1.54) is 24.3 Å². The SMILES string of the molecule is O=c1c(O[C@H]2O[C@@H](CO)[C@H](O)[C@@H](O)[C@@H]2O[C@H]2O[C@@H](CO)[C@H](O)[C@@H](O)[C@@H]2O)c(-c2ccc(O)cc2)oc2cc(O[C@H]3O[C@@H](CO)[C@H](O)[C@@H](O)[C@@H]3O)cc(O)c12. The Kier molecular flexibility index (Phi) is 11.9. The van der Waals surface area contributed by atoms with Crippen LogP contribution in [0.25, 0.3) is 22.3 Å². The van der Waals surface area contributed by atoms with Crippen molar-refractivity contribution in [3.8, 4) is 34.3 Å². The summed E-state index contributed by atoms with van der Waals surface area (Å²) < 4.78 is 39.6. The average molecular weight is 773 g/mol. The van der Waals surface area contributed by atoms with Crippen molar-refractivity contribution in [3.63, 3.8) is 0 Å². The summed E-state index contributed by atoms with van der Waals surface area (Å²) in [4.78, 5) is 14.2. The summed E-state index contributed by atoms with van der Waals surface area (Å²) in [6.45, 7) is -2.48. The van der Waals surface area contributed by atoms with Gasteiger partial charge in [-0.3, -0.25) is 4.79 Å². The number of phenols is 2. The number of hydrogen-bond acceptors (Lipinski definition) is 21. The Morgan fingerprint density at radius 1 is 0.593 bits per heavy atom. The minimum absolute atomic E-state index is 0.0723. The van der Waals surface area contributed by atoms with Gasteiger partial charge in [0.25, 0.3) is 0 Å². The average Bonchev–Trinajstić information content (AvgIpc) is 3.15. The van der Waals surface area contributed by atoms with Crippen LogP contribution in [-0.2, 0) is 18.9 Å². The zero-order valence-electron chi connectivity index (χ0n) is 27.8. The lowest BCUT2D eigenvalue weighted by Gasteiger charge is -2.45. The van der Waals surface area contributed by atoms with Crippen molar-refractivity contribution in [2.24, 2.45) is 0 Å². The molecule has 54 heavy (non-hydrogen) atoms. The molecule has 2 aromatic carbocycles. The van der Waals surface area contributed by atoms with Gasteiger partial charge in [-0.1, -0.05) is 0 Å². The molecule has 0 aliphatic carbocycles. The van der Waals surface area contributed by atoms with Crippen LogP contribution in [0.1, 0.15) is 0 Å². The van der Waals surface area contributed by atoms with E-state index in [1.54, 1.807) is 0 Å². The van der Waals surface area contributed by atoms with Crippen LogP contribution >= 0.6 is 0 Å². The molecule has 0 bridgehead atoms. The monoisotopic (exact) mass is 772 g/mol. The topological polar surface area (TPSA) is 349 Å². The molecule has 0 saturated carbocycles. The van der Waals surface area contributed by atoms with Gasteiger partial charge in [0.1, 0.15) is 95.4 Å². The molecular formula is C33H40O21. The number of rotatable bonds is 10. The third-order valence-corrected chi connectivity index (χ3v) is 9.33. The summed E-state index contributed by atoms with van der Waals surface area (Å²) in [6.07, 6.45) is -26.7. The van der Waals surface area contributed by atoms with Gasteiger partial charge >= 0.3 is 0 Å². The number of hydrogen-bond donors (Lipinski definition) is 13. The van der Waals surface area contributed by atoms with Gasteiger partial charge < -0.3 is 99.2 Å². The van der Waals surface area contributed by atoms with Gasteiger partial charge in [0.05, 0.1) is 19.8 Å². The van der Waals surface area contributed by atoms with Gasteiger partial charge in [-0.15, -0.1) is 0 Å². The number of fused-ring (bicyclic) bond motifs is 1. The summed E-state index contributed by atoms with van der Waals surface area (Å²) >= 11 is 0. The molecule has 298 valence electrons. The second-order valence-electron chi connectivity index (χ2n) is 12.9.